The fraction of sp³-hybridized carbons (Fsp3) is 0.625. The number of hydrogen-bond acceptors (Lipinski definition) is 5. The summed E-state index contributed by atoms with van der Waals surface area (Å²) >= 11 is 0. The Labute approximate surface area is 135 Å². The van der Waals surface area contributed by atoms with E-state index in [9.17, 15) is 9.59 Å². The standard InChI is InChI=1S/C16H23N3O4/c1-18-8-2-7-17-15(22)16(18)5-9-19(10-6-16)14(21)13-4-3-12(11-20)23-13/h3-4,20H,2,5-11H2,1H3,(H,17,22). The van der Waals surface area contributed by atoms with E-state index >= 15 is 0 Å². The third kappa shape index (κ3) is 2.86. The molecular weight excluding hydrogens is 298 g/mol. The summed E-state index contributed by atoms with van der Waals surface area (Å²) < 4.78 is 5.32. The Morgan fingerprint density at radius 3 is 2.74 bits per heavy atom. The second-order valence-corrected chi connectivity index (χ2v) is 6.28. The lowest BCUT2D eigenvalue weighted by Gasteiger charge is -2.44. The number of likely N-dealkylation sites (tertiary alicyclic amines) is 1. The molecule has 23 heavy (non-hydrogen) atoms. The number of aliphatic hydroxyl groups excluding tert-OH is 1. The van der Waals surface area contributed by atoms with Gasteiger partial charge in [0, 0.05) is 26.2 Å². The van der Waals surface area contributed by atoms with E-state index in [2.05, 4.69) is 10.2 Å². The summed E-state index contributed by atoms with van der Waals surface area (Å²) in [4.78, 5) is 28.8. The Balaban J connectivity index is 1.69. The monoisotopic (exact) mass is 321 g/mol. The van der Waals surface area contributed by atoms with Crippen molar-refractivity contribution in [3.8, 4) is 0 Å². The van der Waals surface area contributed by atoms with Crippen LogP contribution in [0.15, 0.2) is 16.5 Å². The molecule has 2 N–H and O–H groups in total. The molecule has 126 valence electrons. The molecule has 2 fully saturated rings. The number of piperidine rings is 1. The molecule has 7 nitrogen and oxygen atoms in total. The molecule has 0 bridgehead atoms. The summed E-state index contributed by atoms with van der Waals surface area (Å²) in [5.74, 6) is 0.509. The van der Waals surface area contributed by atoms with Crippen molar-refractivity contribution in [3.63, 3.8) is 0 Å². The second-order valence-electron chi connectivity index (χ2n) is 6.28. The van der Waals surface area contributed by atoms with Crippen LogP contribution in [0.2, 0.25) is 0 Å². The van der Waals surface area contributed by atoms with Gasteiger partial charge in [0.15, 0.2) is 5.76 Å². The highest BCUT2D eigenvalue weighted by Gasteiger charge is 2.46. The first kappa shape index (κ1) is 16.0. The van der Waals surface area contributed by atoms with Gasteiger partial charge in [0.25, 0.3) is 5.91 Å². The van der Waals surface area contributed by atoms with E-state index in [1.807, 2.05) is 7.05 Å². The fourth-order valence-electron chi connectivity index (χ4n) is 3.49. The van der Waals surface area contributed by atoms with E-state index in [4.69, 9.17) is 9.52 Å². The van der Waals surface area contributed by atoms with Crippen LogP contribution in [0.1, 0.15) is 35.6 Å². The van der Waals surface area contributed by atoms with Gasteiger partial charge in [-0.05, 0) is 38.4 Å². The third-order valence-electron chi connectivity index (χ3n) is 5.02. The molecule has 2 aliphatic rings. The minimum atomic E-state index is -0.507. The SMILES string of the molecule is CN1CCCNC(=O)C12CCN(C(=O)c1ccc(CO)o1)CC2. The number of aliphatic hydroxyl groups is 1. The maximum Gasteiger partial charge on any atom is 0.289 e. The number of carbonyl (C=O) groups is 2. The molecule has 3 heterocycles. The molecule has 2 amide bonds. The molecule has 2 aliphatic heterocycles. The number of hydrogen-bond donors (Lipinski definition) is 2. The van der Waals surface area contributed by atoms with Crippen LogP contribution in [0.5, 0.6) is 0 Å². The van der Waals surface area contributed by atoms with Crippen LogP contribution in [-0.4, -0.2) is 65.5 Å². The van der Waals surface area contributed by atoms with E-state index in [1.165, 1.54) is 0 Å². The lowest BCUT2D eigenvalue weighted by Crippen LogP contribution is -2.61. The highest BCUT2D eigenvalue weighted by atomic mass is 16.4. The quantitative estimate of drug-likeness (QED) is 0.813. The summed E-state index contributed by atoms with van der Waals surface area (Å²) in [6.45, 7) is 2.41. The summed E-state index contributed by atoms with van der Waals surface area (Å²) in [6.07, 6.45) is 2.19. The van der Waals surface area contributed by atoms with Crippen LogP contribution >= 0.6 is 0 Å². The molecule has 1 aromatic heterocycles. The minimum absolute atomic E-state index is 0.0742. The number of rotatable bonds is 2. The van der Waals surface area contributed by atoms with E-state index in [-0.39, 0.29) is 24.2 Å². The van der Waals surface area contributed by atoms with Gasteiger partial charge < -0.3 is 19.7 Å². The Hall–Kier alpha value is -1.86. The summed E-state index contributed by atoms with van der Waals surface area (Å²) in [7, 11) is 1.99. The van der Waals surface area contributed by atoms with Gasteiger partial charge in [0.05, 0.1) is 0 Å². The number of carbonyl (C=O) groups excluding carboxylic acids is 2. The maximum atomic E-state index is 12.5. The van der Waals surface area contributed by atoms with E-state index < -0.39 is 5.54 Å². The molecule has 3 rings (SSSR count). The molecule has 2 saturated heterocycles. The lowest BCUT2D eigenvalue weighted by atomic mass is 9.85. The lowest BCUT2D eigenvalue weighted by molar-refractivity contribution is -0.134. The highest BCUT2D eigenvalue weighted by molar-refractivity contribution is 5.92. The molecule has 0 aromatic carbocycles. The van der Waals surface area contributed by atoms with Crippen molar-refractivity contribution in [1.82, 2.24) is 15.1 Å². The fourth-order valence-corrected chi connectivity index (χ4v) is 3.49. The smallest absolute Gasteiger partial charge is 0.289 e. The van der Waals surface area contributed by atoms with Crippen molar-refractivity contribution in [2.45, 2.75) is 31.4 Å². The molecule has 0 aliphatic carbocycles. The number of nitrogens with zero attached hydrogens (tertiary/aromatic N) is 2. The van der Waals surface area contributed by atoms with Gasteiger partial charge in [0.1, 0.15) is 17.9 Å². The first-order chi connectivity index (χ1) is 11.1. The Morgan fingerprint density at radius 1 is 1.35 bits per heavy atom. The average molecular weight is 321 g/mol. The van der Waals surface area contributed by atoms with Crippen molar-refractivity contribution in [1.29, 1.82) is 0 Å². The molecule has 7 heteroatoms. The van der Waals surface area contributed by atoms with Gasteiger partial charge in [0.2, 0.25) is 5.91 Å². The van der Waals surface area contributed by atoms with Crippen LogP contribution in [0.25, 0.3) is 0 Å². The molecule has 0 unspecified atom stereocenters. The van der Waals surface area contributed by atoms with Crippen molar-refractivity contribution in [2.24, 2.45) is 0 Å². The summed E-state index contributed by atoms with van der Waals surface area (Å²) in [5, 5.41) is 12.0. The summed E-state index contributed by atoms with van der Waals surface area (Å²) in [5.41, 5.74) is -0.507. The number of furan rings is 1. The molecule has 0 radical (unpaired) electrons. The zero-order valence-electron chi connectivity index (χ0n) is 13.4. The zero-order chi connectivity index (χ0) is 16.4. The van der Waals surface area contributed by atoms with Gasteiger partial charge >= 0.3 is 0 Å². The van der Waals surface area contributed by atoms with Crippen LogP contribution in [0.4, 0.5) is 0 Å². The normalized spacial score (nSPS) is 22.0. The van der Waals surface area contributed by atoms with Crippen molar-refractivity contribution in [2.75, 3.05) is 33.2 Å². The second kappa shape index (κ2) is 6.33. The largest absolute Gasteiger partial charge is 0.453 e. The summed E-state index contributed by atoms with van der Waals surface area (Å²) in [6, 6.07) is 3.19. The van der Waals surface area contributed by atoms with Gasteiger partial charge in [-0.15, -0.1) is 0 Å². The molecular formula is C16H23N3O4. The molecule has 1 aromatic rings. The van der Waals surface area contributed by atoms with Gasteiger partial charge in [-0.3, -0.25) is 14.5 Å². The van der Waals surface area contributed by atoms with E-state index in [1.54, 1.807) is 17.0 Å². The zero-order valence-corrected chi connectivity index (χ0v) is 13.4. The van der Waals surface area contributed by atoms with Crippen molar-refractivity contribution < 1.29 is 19.1 Å². The Morgan fingerprint density at radius 2 is 2.09 bits per heavy atom. The third-order valence-corrected chi connectivity index (χ3v) is 5.02. The van der Waals surface area contributed by atoms with Gasteiger partial charge in [-0.25, -0.2) is 0 Å². The van der Waals surface area contributed by atoms with E-state index in [0.29, 0.717) is 38.2 Å². The van der Waals surface area contributed by atoms with Crippen molar-refractivity contribution in [3.05, 3.63) is 23.7 Å². The predicted octanol–water partition coefficient (Wildman–Crippen LogP) is 0.198. The molecule has 0 atom stereocenters. The van der Waals surface area contributed by atoms with Crippen LogP contribution in [-0.2, 0) is 11.4 Å². The highest BCUT2D eigenvalue weighted by Crippen LogP contribution is 2.30. The minimum Gasteiger partial charge on any atom is -0.453 e. The Bertz CT molecular complexity index is 590. The number of nitrogens with one attached hydrogen (secondary N) is 1. The van der Waals surface area contributed by atoms with E-state index in [0.717, 1.165) is 13.0 Å². The van der Waals surface area contributed by atoms with Gasteiger partial charge in [-0.1, -0.05) is 0 Å². The number of likely N-dealkylation sites (N-methyl/N-ethyl adjacent to an activating group) is 1. The van der Waals surface area contributed by atoms with Crippen LogP contribution in [0, 0.1) is 0 Å². The first-order valence-corrected chi connectivity index (χ1v) is 8.05. The molecule has 0 saturated carbocycles. The van der Waals surface area contributed by atoms with Crippen LogP contribution in [0.3, 0.4) is 0 Å². The Kier molecular flexibility index (Phi) is 4.41. The van der Waals surface area contributed by atoms with Crippen molar-refractivity contribution >= 4 is 11.8 Å². The molecule has 1 spiro atoms. The maximum absolute atomic E-state index is 12.5. The average Bonchev–Trinajstić information content (AvgIpc) is 3.02. The van der Waals surface area contributed by atoms with Crippen LogP contribution < -0.4 is 5.32 Å². The van der Waals surface area contributed by atoms with Gasteiger partial charge in [-0.2, -0.15) is 0 Å². The number of amides is 2. The first-order valence-electron chi connectivity index (χ1n) is 8.05. The predicted molar refractivity (Wildman–Crippen MR) is 82.8 cm³/mol. The topological polar surface area (TPSA) is 86.0 Å².